The smallest absolute Gasteiger partial charge is 0.335 e. The van der Waals surface area contributed by atoms with E-state index in [0.29, 0.717) is 12.3 Å². The first-order valence-corrected chi connectivity index (χ1v) is 7.20. The molecule has 2 atom stereocenters. The van der Waals surface area contributed by atoms with Gasteiger partial charge in [0.25, 0.3) is 0 Å². The molecule has 4 nitrogen and oxygen atoms in total. The van der Waals surface area contributed by atoms with Gasteiger partial charge in [-0.15, -0.1) is 0 Å². The molecule has 0 aromatic heterocycles. The second-order valence-corrected chi connectivity index (χ2v) is 5.16. The molecule has 0 saturated carbocycles. The molecule has 3 N–H and O–H groups in total. The highest BCUT2D eigenvalue weighted by atomic mass is 16.4. The molecule has 1 rings (SSSR count). The maximum absolute atomic E-state index is 10.8. The van der Waals surface area contributed by atoms with E-state index in [2.05, 4.69) is 6.92 Å². The summed E-state index contributed by atoms with van der Waals surface area (Å²) in [5, 5.41) is 27.8. The Hall–Kier alpha value is -1.39. The molecule has 2 unspecified atom stereocenters. The minimum atomic E-state index is -0.957. The minimum absolute atomic E-state index is 0.218. The topological polar surface area (TPSA) is 77.8 Å². The zero-order valence-corrected chi connectivity index (χ0v) is 12.0. The lowest BCUT2D eigenvalue weighted by molar-refractivity contribution is 0.0696. The SMILES string of the molecule is CCC(CCCO)CCC(O)c1ccc(C(=O)O)cc1. The third-order valence-corrected chi connectivity index (χ3v) is 3.74. The van der Waals surface area contributed by atoms with Crippen molar-refractivity contribution in [2.75, 3.05) is 6.61 Å². The van der Waals surface area contributed by atoms with Gasteiger partial charge in [-0.3, -0.25) is 0 Å². The largest absolute Gasteiger partial charge is 0.478 e. The number of benzene rings is 1. The van der Waals surface area contributed by atoms with Crippen molar-refractivity contribution in [2.24, 2.45) is 5.92 Å². The number of aliphatic hydroxyl groups excluding tert-OH is 2. The van der Waals surface area contributed by atoms with Crippen molar-refractivity contribution in [1.82, 2.24) is 0 Å². The molecule has 0 heterocycles. The van der Waals surface area contributed by atoms with E-state index >= 15 is 0 Å². The van der Waals surface area contributed by atoms with Gasteiger partial charge < -0.3 is 15.3 Å². The Morgan fingerprint density at radius 1 is 1.15 bits per heavy atom. The summed E-state index contributed by atoms with van der Waals surface area (Å²) in [7, 11) is 0. The zero-order valence-electron chi connectivity index (χ0n) is 12.0. The lowest BCUT2D eigenvalue weighted by atomic mass is 9.92. The number of hydrogen-bond donors (Lipinski definition) is 3. The number of carbonyl (C=O) groups is 1. The van der Waals surface area contributed by atoms with Gasteiger partial charge in [0.2, 0.25) is 0 Å². The van der Waals surface area contributed by atoms with Crippen molar-refractivity contribution in [3.05, 3.63) is 35.4 Å². The molecule has 1 aromatic carbocycles. The summed E-state index contributed by atoms with van der Waals surface area (Å²) in [6.07, 6.45) is 3.86. The standard InChI is InChI=1S/C16H24O4/c1-2-12(4-3-11-17)5-10-15(18)13-6-8-14(9-7-13)16(19)20/h6-9,12,15,17-18H,2-5,10-11H2,1H3,(H,19,20). The molecule has 0 aliphatic rings. The number of carboxylic acid groups (broad SMARTS) is 1. The van der Waals surface area contributed by atoms with Crippen LogP contribution in [0.15, 0.2) is 24.3 Å². The molecule has 0 spiro atoms. The highest BCUT2D eigenvalue weighted by Gasteiger charge is 2.12. The number of aromatic carboxylic acids is 1. The quantitative estimate of drug-likeness (QED) is 0.650. The van der Waals surface area contributed by atoms with Crippen LogP contribution in [0.1, 0.15) is 61.1 Å². The van der Waals surface area contributed by atoms with Gasteiger partial charge in [0, 0.05) is 6.61 Å². The highest BCUT2D eigenvalue weighted by molar-refractivity contribution is 5.87. The number of rotatable bonds is 9. The van der Waals surface area contributed by atoms with E-state index in [1.54, 1.807) is 12.1 Å². The molecule has 0 amide bonds. The second kappa shape index (κ2) is 8.72. The third-order valence-electron chi connectivity index (χ3n) is 3.74. The van der Waals surface area contributed by atoms with Gasteiger partial charge in [0.1, 0.15) is 0 Å². The van der Waals surface area contributed by atoms with Crippen LogP contribution >= 0.6 is 0 Å². The lowest BCUT2D eigenvalue weighted by Gasteiger charge is -2.17. The Balaban J connectivity index is 2.48. The summed E-state index contributed by atoms with van der Waals surface area (Å²) < 4.78 is 0. The van der Waals surface area contributed by atoms with Crippen molar-refractivity contribution in [2.45, 2.75) is 45.1 Å². The van der Waals surface area contributed by atoms with Gasteiger partial charge in [-0.1, -0.05) is 25.5 Å². The first-order valence-electron chi connectivity index (χ1n) is 7.20. The molecule has 0 saturated heterocycles. The molecule has 0 aliphatic carbocycles. The van der Waals surface area contributed by atoms with E-state index in [1.807, 2.05) is 0 Å². The van der Waals surface area contributed by atoms with Crippen molar-refractivity contribution in [1.29, 1.82) is 0 Å². The normalized spacial score (nSPS) is 13.9. The predicted molar refractivity (Wildman–Crippen MR) is 77.7 cm³/mol. The number of hydrogen-bond acceptors (Lipinski definition) is 3. The maximum Gasteiger partial charge on any atom is 0.335 e. The average molecular weight is 280 g/mol. The molecule has 20 heavy (non-hydrogen) atoms. The minimum Gasteiger partial charge on any atom is -0.478 e. The monoisotopic (exact) mass is 280 g/mol. The summed E-state index contributed by atoms with van der Waals surface area (Å²) in [6.45, 7) is 2.34. The van der Waals surface area contributed by atoms with Crippen LogP contribution in [0.2, 0.25) is 0 Å². The van der Waals surface area contributed by atoms with Gasteiger partial charge >= 0.3 is 5.97 Å². The van der Waals surface area contributed by atoms with Crippen LogP contribution in [0, 0.1) is 5.92 Å². The fourth-order valence-electron chi connectivity index (χ4n) is 2.34. The summed E-state index contributed by atoms with van der Waals surface area (Å²) in [5.74, 6) is -0.434. The van der Waals surface area contributed by atoms with Gasteiger partial charge in [0.05, 0.1) is 11.7 Å². The summed E-state index contributed by atoms with van der Waals surface area (Å²) >= 11 is 0. The lowest BCUT2D eigenvalue weighted by Crippen LogP contribution is -2.05. The third kappa shape index (κ3) is 5.31. The Morgan fingerprint density at radius 3 is 2.30 bits per heavy atom. The van der Waals surface area contributed by atoms with Crippen LogP contribution < -0.4 is 0 Å². The van der Waals surface area contributed by atoms with Crippen molar-refractivity contribution in [3.8, 4) is 0 Å². The molecule has 4 heteroatoms. The van der Waals surface area contributed by atoms with Crippen molar-refractivity contribution in [3.63, 3.8) is 0 Å². The number of aliphatic hydroxyl groups is 2. The van der Waals surface area contributed by atoms with E-state index in [-0.39, 0.29) is 12.2 Å². The van der Waals surface area contributed by atoms with E-state index in [9.17, 15) is 9.90 Å². The first-order chi connectivity index (χ1) is 9.58. The summed E-state index contributed by atoms with van der Waals surface area (Å²) in [4.78, 5) is 10.8. The van der Waals surface area contributed by atoms with Gasteiger partial charge in [-0.05, 0) is 49.3 Å². The van der Waals surface area contributed by atoms with E-state index in [0.717, 1.165) is 31.2 Å². The first kappa shape index (κ1) is 16.7. The van der Waals surface area contributed by atoms with E-state index in [4.69, 9.17) is 10.2 Å². The fraction of sp³-hybridized carbons (Fsp3) is 0.562. The summed E-state index contributed by atoms with van der Waals surface area (Å²) in [5.41, 5.74) is 0.988. The van der Waals surface area contributed by atoms with Gasteiger partial charge in [-0.25, -0.2) is 4.79 Å². The van der Waals surface area contributed by atoms with Gasteiger partial charge in [0.15, 0.2) is 0 Å². The van der Waals surface area contributed by atoms with Gasteiger partial charge in [-0.2, -0.15) is 0 Å². The van der Waals surface area contributed by atoms with Crippen LogP contribution in [-0.2, 0) is 0 Å². The maximum atomic E-state index is 10.8. The molecule has 112 valence electrons. The van der Waals surface area contributed by atoms with E-state index in [1.165, 1.54) is 12.1 Å². The fourth-order valence-corrected chi connectivity index (χ4v) is 2.34. The molecule has 1 aromatic rings. The Kier molecular flexibility index (Phi) is 7.26. The molecular weight excluding hydrogens is 256 g/mol. The van der Waals surface area contributed by atoms with Crippen LogP contribution in [0.4, 0.5) is 0 Å². The van der Waals surface area contributed by atoms with E-state index < -0.39 is 12.1 Å². The Labute approximate surface area is 120 Å². The Morgan fingerprint density at radius 2 is 1.80 bits per heavy atom. The highest BCUT2D eigenvalue weighted by Crippen LogP contribution is 2.25. The molecule has 0 radical (unpaired) electrons. The molecule has 0 fully saturated rings. The van der Waals surface area contributed by atoms with Crippen LogP contribution in [0.25, 0.3) is 0 Å². The van der Waals surface area contributed by atoms with Crippen LogP contribution in [0.5, 0.6) is 0 Å². The van der Waals surface area contributed by atoms with Crippen LogP contribution in [-0.4, -0.2) is 27.9 Å². The zero-order chi connectivity index (χ0) is 15.0. The molecule has 0 aliphatic heterocycles. The molecule has 0 bridgehead atoms. The predicted octanol–water partition coefficient (Wildman–Crippen LogP) is 3.00. The van der Waals surface area contributed by atoms with Crippen molar-refractivity contribution < 1.29 is 20.1 Å². The average Bonchev–Trinajstić information content (AvgIpc) is 2.47. The second-order valence-electron chi connectivity index (χ2n) is 5.16. The summed E-state index contributed by atoms with van der Waals surface area (Å²) in [6, 6.07) is 6.37. The number of carboxylic acids is 1. The van der Waals surface area contributed by atoms with Crippen LogP contribution in [0.3, 0.4) is 0 Å². The van der Waals surface area contributed by atoms with Crippen molar-refractivity contribution >= 4 is 5.97 Å². The molecular formula is C16H24O4. The Bertz CT molecular complexity index is 399.